The first-order valence-corrected chi connectivity index (χ1v) is 7.96. The number of hydrogen-bond acceptors (Lipinski definition) is 3. The molecule has 3 aliphatic heterocycles. The third kappa shape index (κ3) is 3.36. The Morgan fingerprint density at radius 1 is 1.36 bits per heavy atom. The van der Waals surface area contributed by atoms with Crippen LogP contribution >= 0.6 is 11.6 Å². The Labute approximate surface area is 134 Å². The summed E-state index contributed by atoms with van der Waals surface area (Å²) in [6.07, 6.45) is 2.25. The molecule has 4 nitrogen and oxygen atoms in total. The zero-order chi connectivity index (χ0) is 15.7. The van der Waals surface area contributed by atoms with E-state index in [0.29, 0.717) is 11.7 Å². The number of ether oxygens (including phenoxy) is 1. The standard InChI is InChI=1S/C16H20ClFN2O2/c1-19-7-11-2-3-12(9-19)20(8-11)16(21)10-22-13-4-5-15(18)14(17)6-13/h4-6,11-12H,2-3,7-10H2,1H3/t11-,12+/m0/s1. The lowest BCUT2D eigenvalue weighted by atomic mass is 9.95. The molecule has 0 aromatic heterocycles. The first-order valence-electron chi connectivity index (χ1n) is 7.59. The van der Waals surface area contributed by atoms with Crippen molar-refractivity contribution in [3.63, 3.8) is 0 Å². The van der Waals surface area contributed by atoms with E-state index in [2.05, 4.69) is 11.9 Å². The molecule has 22 heavy (non-hydrogen) atoms. The molecular weight excluding hydrogens is 307 g/mol. The van der Waals surface area contributed by atoms with E-state index < -0.39 is 5.82 Å². The van der Waals surface area contributed by atoms with E-state index in [0.717, 1.165) is 26.1 Å². The van der Waals surface area contributed by atoms with Crippen LogP contribution in [0.1, 0.15) is 12.8 Å². The maximum Gasteiger partial charge on any atom is 0.260 e. The Balaban J connectivity index is 1.61. The smallest absolute Gasteiger partial charge is 0.260 e. The SMILES string of the molecule is CN1C[C@@H]2CC[C@H](C1)N(C(=O)COc1ccc(F)c(Cl)c1)C2. The lowest BCUT2D eigenvalue weighted by Crippen LogP contribution is -2.48. The van der Waals surface area contributed by atoms with Gasteiger partial charge in [-0.25, -0.2) is 4.39 Å². The number of carbonyl (C=O) groups excluding carboxylic acids is 1. The number of amides is 1. The number of likely N-dealkylation sites (N-methyl/N-ethyl adjacent to an activating group) is 1. The molecule has 2 bridgehead atoms. The van der Waals surface area contributed by atoms with Gasteiger partial charge in [0.25, 0.3) is 5.91 Å². The van der Waals surface area contributed by atoms with Crippen molar-refractivity contribution in [2.45, 2.75) is 18.9 Å². The molecule has 0 saturated carbocycles. The van der Waals surface area contributed by atoms with Gasteiger partial charge in [-0.15, -0.1) is 0 Å². The number of rotatable bonds is 3. The van der Waals surface area contributed by atoms with Gasteiger partial charge in [0.15, 0.2) is 6.61 Å². The number of carbonyl (C=O) groups is 1. The molecule has 1 aromatic rings. The first-order chi connectivity index (χ1) is 10.5. The molecule has 0 aliphatic carbocycles. The van der Waals surface area contributed by atoms with Crippen molar-refractivity contribution in [1.82, 2.24) is 9.80 Å². The Morgan fingerprint density at radius 2 is 2.18 bits per heavy atom. The second-order valence-electron chi connectivity index (χ2n) is 6.23. The normalized spacial score (nSPS) is 25.1. The van der Waals surface area contributed by atoms with Crippen LogP contribution in [0.5, 0.6) is 5.75 Å². The summed E-state index contributed by atoms with van der Waals surface area (Å²) < 4.78 is 18.6. The monoisotopic (exact) mass is 326 g/mol. The van der Waals surface area contributed by atoms with E-state index in [-0.39, 0.29) is 23.6 Å². The van der Waals surface area contributed by atoms with Crippen molar-refractivity contribution < 1.29 is 13.9 Å². The van der Waals surface area contributed by atoms with E-state index in [1.807, 2.05) is 4.90 Å². The topological polar surface area (TPSA) is 32.8 Å². The number of fused-ring (bicyclic) bond motifs is 4. The highest BCUT2D eigenvalue weighted by atomic mass is 35.5. The number of nitrogens with zero attached hydrogens (tertiary/aromatic N) is 2. The molecule has 6 heteroatoms. The van der Waals surface area contributed by atoms with Gasteiger partial charge in [0.1, 0.15) is 11.6 Å². The van der Waals surface area contributed by atoms with Gasteiger partial charge in [-0.2, -0.15) is 0 Å². The number of benzene rings is 1. The van der Waals surface area contributed by atoms with Gasteiger partial charge in [0.2, 0.25) is 0 Å². The zero-order valence-electron chi connectivity index (χ0n) is 12.6. The van der Waals surface area contributed by atoms with Crippen LogP contribution in [-0.2, 0) is 4.79 Å². The highest BCUT2D eigenvalue weighted by molar-refractivity contribution is 6.30. The fourth-order valence-corrected chi connectivity index (χ4v) is 3.59. The second kappa shape index (κ2) is 6.42. The number of piperidine rings is 1. The van der Waals surface area contributed by atoms with Crippen LogP contribution in [-0.4, -0.2) is 55.0 Å². The fraction of sp³-hybridized carbons (Fsp3) is 0.562. The number of halogens is 2. The lowest BCUT2D eigenvalue weighted by molar-refractivity contribution is -0.137. The lowest BCUT2D eigenvalue weighted by Gasteiger charge is -2.36. The van der Waals surface area contributed by atoms with Crippen molar-refractivity contribution in [3.05, 3.63) is 29.0 Å². The van der Waals surface area contributed by atoms with Crippen molar-refractivity contribution >= 4 is 17.5 Å². The van der Waals surface area contributed by atoms with Crippen LogP contribution < -0.4 is 4.74 Å². The van der Waals surface area contributed by atoms with Gasteiger partial charge in [-0.05, 0) is 37.9 Å². The summed E-state index contributed by atoms with van der Waals surface area (Å²) >= 11 is 5.71. The molecular formula is C16H20ClFN2O2. The Bertz CT molecular complexity index is 569. The molecule has 3 saturated heterocycles. The van der Waals surface area contributed by atoms with Crippen LogP contribution in [0.25, 0.3) is 0 Å². The summed E-state index contributed by atoms with van der Waals surface area (Å²) in [5.41, 5.74) is 0. The van der Waals surface area contributed by atoms with Crippen LogP contribution in [0, 0.1) is 11.7 Å². The van der Waals surface area contributed by atoms with Crippen molar-refractivity contribution in [1.29, 1.82) is 0 Å². The predicted molar refractivity (Wildman–Crippen MR) is 82.6 cm³/mol. The van der Waals surface area contributed by atoms with E-state index >= 15 is 0 Å². The molecule has 120 valence electrons. The summed E-state index contributed by atoms with van der Waals surface area (Å²) in [7, 11) is 2.11. The summed E-state index contributed by atoms with van der Waals surface area (Å²) in [5, 5.41) is 0.000373. The highest BCUT2D eigenvalue weighted by Crippen LogP contribution is 2.27. The molecule has 3 fully saturated rings. The second-order valence-corrected chi connectivity index (χ2v) is 6.64. The van der Waals surface area contributed by atoms with Gasteiger partial charge in [0, 0.05) is 31.7 Å². The van der Waals surface area contributed by atoms with Crippen LogP contribution in [0.3, 0.4) is 0 Å². The summed E-state index contributed by atoms with van der Waals surface area (Å²) in [6.45, 7) is 2.75. The molecule has 1 aromatic carbocycles. The average molecular weight is 327 g/mol. The summed E-state index contributed by atoms with van der Waals surface area (Å²) in [4.78, 5) is 16.7. The van der Waals surface area contributed by atoms with E-state index in [1.54, 1.807) is 0 Å². The molecule has 0 radical (unpaired) electrons. The average Bonchev–Trinajstić information content (AvgIpc) is 2.76. The summed E-state index contributed by atoms with van der Waals surface area (Å²) in [6, 6.07) is 4.39. The third-order valence-corrected chi connectivity index (χ3v) is 4.76. The van der Waals surface area contributed by atoms with Crippen LogP contribution in [0.4, 0.5) is 4.39 Å². The minimum absolute atomic E-state index is 0.000373. The summed E-state index contributed by atoms with van der Waals surface area (Å²) in [5.74, 6) is 0.462. The Hall–Kier alpha value is -1.33. The number of hydrogen-bond donors (Lipinski definition) is 0. The molecule has 2 atom stereocenters. The first kappa shape index (κ1) is 15.6. The minimum Gasteiger partial charge on any atom is -0.484 e. The van der Waals surface area contributed by atoms with E-state index in [4.69, 9.17) is 16.3 Å². The van der Waals surface area contributed by atoms with Crippen LogP contribution in [0.2, 0.25) is 5.02 Å². The van der Waals surface area contributed by atoms with Gasteiger partial charge >= 0.3 is 0 Å². The molecule has 0 spiro atoms. The molecule has 3 heterocycles. The van der Waals surface area contributed by atoms with Crippen molar-refractivity contribution in [2.24, 2.45) is 5.92 Å². The van der Waals surface area contributed by atoms with E-state index in [9.17, 15) is 9.18 Å². The van der Waals surface area contributed by atoms with Gasteiger partial charge < -0.3 is 14.5 Å². The van der Waals surface area contributed by atoms with Crippen molar-refractivity contribution in [3.8, 4) is 5.75 Å². The molecule has 0 N–H and O–H groups in total. The quantitative estimate of drug-likeness (QED) is 0.855. The Kier molecular flexibility index (Phi) is 4.54. The molecule has 1 amide bonds. The van der Waals surface area contributed by atoms with Crippen molar-refractivity contribution in [2.75, 3.05) is 33.3 Å². The minimum atomic E-state index is -0.492. The van der Waals surface area contributed by atoms with Gasteiger partial charge in [0.05, 0.1) is 5.02 Å². The Morgan fingerprint density at radius 3 is 2.95 bits per heavy atom. The van der Waals surface area contributed by atoms with Gasteiger partial charge in [-0.1, -0.05) is 11.6 Å². The molecule has 0 unspecified atom stereocenters. The maximum atomic E-state index is 13.1. The third-order valence-electron chi connectivity index (χ3n) is 4.47. The maximum absolute atomic E-state index is 13.1. The van der Waals surface area contributed by atoms with Crippen LogP contribution in [0.15, 0.2) is 18.2 Å². The highest BCUT2D eigenvalue weighted by Gasteiger charge is 2.36. The van der Waals surface area contributed by atoms with E-state index in [1.165, 1.54) is 24.6 Å². The largest absolute Gasteiger partial charge is 0.484 e. The van der Waals surface area contributed by atoms with Gasteiger partial charge in [-0.3, -0.25) is 4.79 Å². The predicted octanol–water partition coefficient (Wildman–Crippen LogP) is 2.41. The zero-order valence-corrected chi connectivity index (χ0v) is 13.4. The fourth-order valence-electron chi connectivity index (χ4n) is 3.42. The molecule has 3 aliphatic rings. The molecule has 4 rings (SSSR count).